The van der Waals surface area contributed by atoms with Crippen LogP contribution in [0.4, 0.5) is 0 Å². The number of ether oxygens (including phenoxy) is 4. The Balaban J connectivity index is 2.11. The van der Waals surface area contributed by atoms with Gasteiger partial charge in [-0.05, 0) is 46.5 Å². The molecular formula is C24H29Cl3NO7S-. The van der Waals surface area contributed by atoms with Gasteiger partial charge in [-0.3, -0.25) is 9.00 Å². The molecule has 0 spiro atoms. The Morgan fingerprint density at radius 3 is 2.14 bits per heavy atom. The van der Waals surface area contributed by atoms with Gasteiger partial charge in [0.2, 0.25) is 0 Å². The van der Waals surface area contributed by atoms with Crippen molar-refractivity contribution >= 4 is 51.9 Å². The van der Waals surface area contributed by atoms with Gasteiger partial charge in [0.25, 0.3) is 0 Å². The summed E-state index contributed by atoms with van der Waals surface area (Å²) in [6, 6.07) is 11.0. The number of hydrogen-bond acceptors (Lipinski definition) is 8. The van der Waals surface area contributed by atoms with Crippen LogP contribution in [0.3, 0.4) is 0 Å². The Hall–Kier alpha value is -1.59. The third kappa shape index (κ3) is 9.06. The van der Waals surface area contributed by atoms with Crippen LogP contribution in [0.5, 0.6) is 11.5 Å². The lowest BCUT2D eigenvalue weighted by atomic mass is 9.78. The summed E-state index contributed by atoms with van der Waals surface area (Å²) in [7, 11) is 0. The molecule has 0 heterocycles. The zero-order valence-corrected chi connectivity index (χ0v) is 23.2. The van der Waals surface area contributed by atoms with E-state index < -0.39 is 40.6 Å². The SMILES string of the molecule is CC(=O)OC(CCl)COc1c(Cl)cc(C(C)(C)c2ccc(OCC(CN)OCS(=O)[O-])cc2)cc1Cl. The molecule has 0 amide bonds. The van der Waals surface area contributed by atoms with E-state index in [-0.39, 0.29) is 31.4 Å². The van der Waals surface area contributed by atoms with Gasteiger partial charge in [-0.1, -0.05) is 49.2 Å². The summed E-state index contributed by atoms with van der Waals surface area (Å²) in [4.78, 5) is 11.2. The van der Waals surface area contributed by atoms with Crippen LogP contribution in [-0.4, -0.2) is 58.5 Å². The molecule has 3 atom stereocenters. The van der Waals surface area contributed by atoms with Gasteiger partial charge in [-0.2, -0.15) is 0 Å². The third-order valence-electron chi connectivity index (χ3n) is 5.31. The minimum Gasteiger partial charge on any atom is -0.771 e. The average Bonchev–Trinajstić information content (AvgIpc) is 2.82. The van der Waals surface area contributed by atoms with Crippen LogP contribution in [0, 0.1) is 0 Å². The summed E-state index contributed by atoms with van der Waals surface area (Å²) in [6.45, 7) is 5.60. The van der Waals surface area contributed by atoms with Crippen LogP contribution >= 0.6 is 34.8 Å². The number of carbonyl (C=O) groups is 1. The van der Waals surface area contributed by atoms with Crippen LogP contribution in [0.1, 0.15) is 31.9 Å². The molecule has 200 valence electrons. The van der Waals surface area contributed by atoms with Gasteiger partial charge in [-0.25, -0.2) is 0 Å². The Kier molecular flexibility index (Phi) is 12.2. The first kappa shape index (κ1) is 30.6. The Morgan fingerprint density at radius 1 is 1.06 bits per heavy atom. The molecule has 0 fully saturated rings. The van der Waals surface area contributed by atoms with E-state index in [2.05, 4.69) is 0 Å². The second-order valence-corrected chi connectivity index (χ2v) is 10.3. The maximum absolute atomic E-state index is 11.2. The summed E-state index contributed by atoms with van der Waals surface area (Å²) in [5.41, 5.74) is 6.96. The van der Waals surface area contributed by atoms with Crippen LogP contribution < -0.4 is 15.2 Å². The van der Waals surface area contributed by atoms with Gasteiger partial charge >= 0.3 is 5.97 Å². The molecule has 2 N–H and O–H groups in total. The fourth-order valence-electron chi connectivity index (χ4n) is 3.24. The number of benzene rings is 2. The van der Waals surface area contributed by atoms with Gasteiger partial charge in [-0.15, -0.1) is 11.6 Å². The van der Waals surface area contributed by atoms with Crippen molar-refractivity contribution in [2.75, 3.05) is 31.6 Å². The summed E-state index contributed by atoms with van der Waals surface area (Å²) < 4.78 is 43.0. The standard InChI is InChI=1S/C24H30Cl3NO7S/c1-15(29)35-19(10-25)12-33-23-21(26)8-17(9-22(23)27)24(2,3)16-4-6-18(7-5-16)32-13-20(11-28)34-14-36(30)31/h4-9,19-20H,10-14,28H2,1-3H3,(H,30,31)/p-1. The van der Waals surface area contributed by atoms with Crippen molar-refractivity contribution in [2.24, 2.45) is 5.73 Å². The number of alkyl halides is 1. The molecule has 2 aromatic carbocycles. The number of esters is 1. The zero-order chi connectivity index (χ0) is 26.9. The summed E-state index contributed by atoms with van der Waals surface area (Å²) in [6.07, 6.45) is -1.17. The maximum atomic E-state index is 11.2. The molecule has 2 aromatic rings. The van der Waals surface area contributed by atoms with Gasteiger partial charge in [0.1, 0.15) is 37.1 Å². The van der Waals surface area contributed by atoms with Crippen molar-refractivity contribution in [2.45, 2.75) is 38.4 Å². The van der Waals surface area contributed by atoms with Crippen LogP contribution in [-0.2, 0) is 30.8 Å². The van der Waals surface area contributed by atoms with Crippen LogP contribution in [0.25, 0.3) is 0 Å². The Morgan fingerprint density at radius 2 is 1.64 bits per heavy atom. The first-order valence-corrected chi connectivity index (χ1v) is 13.5. The average molecular weight is 582 g/mol. The Labute approximate surface area is 228 Å². The number of nitrogens with two attached hydrogens (primary N) is 1. The second-order valence-electron chi connectivity index (χ2n) is 8.37. The van der Waals surface area contributed by atoms with Crippen molar-refractivity contribution < 1.29 is 32.5 Å². The molecule has 8 nitrogen and oxygen atoms in total. The monoisotopic (exact) mass is 580 g/mol. The van der Waals surface area contributed by atoms with E-state index >= 15 is 0 Å². The molecule has 2 rings (SSSR count). The molecule has 0 saturated carbocycles. The largest absolute Gasteiger partial charge is 0.771 e. The van der Waals surface area contributed by atoms with E-state index in [1.54, 1.807) is 24.3 Å². The van der Waals surface area contributed by atoms with E-state index in [1.807, 2.05) is 26.0 Å². The molecule has 0 aromatic heterocycles. The van der Waals surface area contributed by atoms with E-state index in [9.17, 15) is 13.6 Å². The van der Waals surface area contributed by atoms with E-state index in [0.29, 0.717) is 15.8 Å². The predicted octanol–water partition coefficient (Wildman–Crippen LogP) is 4.43. The van der Waals surface area contributed by atoms with E-state index in [0.717, 1.165) is 11.1 Å². The first-order valence-electron chi connectivity index (χ1n) is 10.9. The van der Waals surface area contributed by atoms with Crippen molar-refractivity contribution in [3.8, 4) is 11.5 Å². The van der Waals surface area contributed by atoms with Gasteiger partial charge in [0, 0.05) is 18.9 Å². The van der Waals surface area contributed by atoms with Crippen molar-refractivity contribution in [3.05, 3.63) is 57.6 Å². The van der Waals surface area contributed by atoms with E-state index in [4.69, 9.17) is 59.5 Å². The zero-order valence-electron chi connectivity index (χ0n) is 20.1. The lowest BCUT2D eigenvalue weighted by Gasteiger charge is -2.27. The Bertz CT molecular complexity index is 1010. The summed E-state index contributed by atoms with van der Waals surface area (Å²) in [5.74, 6) is 0.0371. The van der Waals surface area contributed by atoms with Crippen LogP contribution in [0.2, 0.25) is 10.0 Å². The molecule has 0 bridgehead atoms. The smallest absolute Gasteiger partial charge is 0.303 e. The molecule has 36 heavy (non-hydrogen) atoms. The van der Waals surface area contributed by atoms with Gasteiger partial charge in [0.05, 0.1) is 15.9 Å². The number of halogens is 3. The number of rotatable bonds is 14. The molecule has 0 aliphatic rings. The number of carbonyl (C=O) groups excluding carboxylic acids is 1. The third-order valence-corrected chi connectivity index (χ3v) is 6.55. The first-order chi connectivity index (χ1) is 17.0. The van der Waals surface area contributed by atoms with Crippen molar-refractivity contribution in [3.63, 3.8) is 0 Å². The second kappa shape index (κ2) is 14.4. The molecule has 0 radical (unpaired) electrons. The fourth-order valence-corrected chi connectivity index (χ4v) is 4.29. The van der Waals surface area contributed by atoms with Gasteiger partial charge in [0.15, 0.2) is 5.75 Å². The fraction of sp³-hybridized carbons (Fsp3) is 0.458. The van der Waals surface area contributed by atoms with Crippen molar-refractivity contribution in [1.29, 1.82) is 0 Å². The highest BCUT2D eigenvalue weighted by atomic mass is 35.5. The molecule has 0 saturated heterocycles. The lowest BCUT2D eigenvalue weighted by Crippen LogP contribution is -2.31. The summed E-state index contributed by atoms with van der Waals surface area (Å²) in [5, 5.41) is 0.627. The maximum Gasteiger partial charge on any atom is 0.303 e. The highest BCUT2D eigenvalue weighted by Gasteiger charge is 2.26. The number of hydrogen-bond donors (Lipinski definition) is 1. The molecule has 12 heteroatoms. The highest BCUT2D eigenvalue weighted by molar-refractivity contribution is 7.78. The topological polar surface area (TPSA) is 120 Å². The molecule has 0 aliphatic carbocycles. The van der Waals surface area contributed by atoms with Gasteiger partial charge < -0.3 is 29.2 Å². The molecular weight excluding hydrogens is 553 g/mol. The molecule has 3 unspecified atom stereocenters. The van der Waals surface area contributed by atoms with E-state index in [1.165, 1.54) is 6.92 Å². The minimum absolute atomic E-state index is 0.0114. The minimum atomic E-state index is -2.31. The highest BCUT2D eigenvalue weighted by Crippen LogP contribution is 2.40. The quantitative estimate of drug-likeness (QED) is 0.198. The lowest BCUT2D eigenvalue weighted by molar-refractivity contribution is -0.146. The predicted molar refractivity (Wildman–Crippen MR) is 140 cm³/mol. The van der Waals surface area contributed by atoms with Crippen molar-refractivity contribution in [1.82, 2.24) is 0 Å². The van der Waals surface area contributed by atoms with Crippen LogP contribution in [0.15, 0.2) is 36.4 Å². The molecule has 0 aliphatic heterocycles. The normalized spacial score (nSPS) is 14.1. The summed E-state index contributed by atoms with van der Waals surface area (Å²) >= 11 is 16.5.